The van der Waals surface area contributed by atoms with Crippen LogP contribution in [0.5, 0.6) is 0 Å². The Morgan fingerprint density at radius 3 is 2.56 bits per heavy atom. The number of nitro groups is 1. The van der Waals surface area contributed by atoms with E-state index in [-0.39, 0.29) is 24.1 Å². The van der Waals surface area contributed by atoms with Gasteiger partial charge in [0, 0.05) is 37.0 Å². The molecule has 0 aliphatic carbocycles. The number of likely N-dealkylation sites (N-methyl/N-ethyl adjacent to an activating group) is 1. The number of rotatable bonds is 7. The third-order valence-corrected chi connectivity index (χ3v) is 4.94. The van der Waals surface area contributed by atoms with Gasteiger partial charge in [-0.3, -0.25) is 19.6 Å². The lowest BCUT2D eigenvalue weighted by Crippen LogP contribution is -2.31. The number of nitrogens with zero attached hydrogens (tertiary/aromatic N) is 4. The third-order valence-electron chi connectivity index (χ3n) is 4.94. The zero-order valence-electron chi connectivity index (χ0n) is 16.9. The van der Waals surface area contributed by atoms with E-state index < -0.39 is 4.92 Å². The molecule has 0 fully saturated rings. The van der Waals surface area contributed by atoms with Crippen molar-refractivity contribution in [3.05, 3.63) is 56.9 Å². The minimum absolute atomic E-state index is 0.0295. The summed E-state index contributed by atoms with van der Waals surface area (Å²) < 4.78 is 1.96. The molecule has 0 unspecified atom stereocenters. The van der Waals surface area contributed by atoms with Crippen molar-refractivity contribution >= 4 is 11.6 Å². The number of amides is 1. The smallest absolute Gasteiger partial charge is 0.269 e. The predicted molar refractivity (Wildman–Crippen MR) is 105 cm³/mol. The van der Waals surface area contributed by atoms with E-state index in [1.807, 2.05) is 25.5 Å². The van der Waals surface area contributed by atoms with E-state index >= 15 is 0 Å². The number of nitro benzene ring substituents is 1. The highest BCUT2D eigenvalue weighted by Gasteiger charge is 2.22. The van der Waals surface area contributed by atoms with Crippen LogP contribution in [0.4, 0.5) is 5.69 Å². The minimum Gasteiger partial charge on any atom is -0.339 e. The molecule has 0 saturated carbocycles. The summed E-state index contributed by atoms with van der Waals surface area (Å²) in [5.74, 6) is 0.437. The van der Waals surface area contributed by atoms with Crippen LogP contribution < -0.4 is 0 Å². The molecule has 146 valence electrons. The Labute approximate surface area is 160 Å². The predicted octanol–water partition coefficient (Wildman–Crippen LogP) is 3.83. The number of hydrogen-bond acceptors (Lipinski definition) is 4. The average Bonchev–Trinajstić information content (AvgIpc) is 2.87. The fraction of sp³-hybridized carbons (Fsp3) is 0.500. The van der Waals surface area contributed by atoms with Gasteiger partial charge in [-0.05, 0) is 32.3 Å². The fourth-order valence-corrected chi connectivity index (χ4v) is 3.13. The second-order valence-electron chi connectivity index (χ2n) is 7.43. The van der Waals surface area contributed by atoms with Crippen molar-refractivity contribution in [1.82, 2.24) is 14.7 Å². The summed E-state index contributed by atoms with van der Waals surface area (Å²) in [6.45, 7) is 10.9. The molecule has 2 aromatic rings. The summed E-state index contributed by atoms with van der Waals surface area (Å²) in [7, 11) is 1.73. The number of carbonyl (C=O) groups is 1. The van der Waals surface area contributed by atoms with Crippen LogP contribution in [0.15, 0.2) is 24.3 Å². The molecule has 1 atom stereocenters. The first-order chi connectivity index (χ1) is 12.6. The summed E-state index contributed by atoms with van der Waals surface area (Å²) in [6.07, 6.45) is 0.269. The molecule has 0 aliphatic heterocycles. The molecule has 1 amide bonds. The van der Waals surface area contributed by atoms with Crippen LogP contribution in [0.3, 0.4) is 0 Å². The van der Waals surface area contributed by atoms with Gasteiger partial charge in [0.2, 0.25) is 5.91 Å². The second kappa shape index (κ2) is 8.33. The standard InChI is InChI=1S/C20H28N4O3/c1-13(2)12-23-16(5)19(14(3)21-23)11-20(25)22(6)15(4)17-8-7-9-18(10-17)24(26)27/h7-10,13,15H,11-12H2,1-6H3/t15-/m0/s1. The lowest BCUT2D eigenvalue weighted by Gasteiger charge is -2.25. The number of hydrogen-bond donors (Lipinski definition) is 0. The largest absolute Gasteiger partial charge is 0.339 e. The molecular weight excluding hydrogens is 344 g/mol. The Bertz CT molecular complexity index is 842. The Morgan fingerprint density at radius 2 is 1.96 bits per heavy atom. The highest BCUT2D eigenvalue weighted by Crippen LogP contribution is 2.24. The van der Waals surface area contributed by atoms with Gasteiger partial charge in [-0.1, -0.05) is 26.0 Å². The minimum atomic E-state index is -0.423. The Hall–Kier alpha value is -2.70. The summed E-state index contributed by atoms with van der Waals surface area (Å²) >= 11 is 0. The molecule has 0 aliphatic rings. The maximum atomic E-state index is 12.8. The van der Waals surface area contributed by atoms with E-state index in [0.29, 0.717) is 5.92 Å². The van der Waals surface area contributed by atoms with Crippen LogP contribution in [0.1, 0.15) is 49.3 Å². The zero-order chi connectivity index (χ0) is 20.3. The molecular formula is C20H28N4O3. The first kappa shape index (κ1) is 20.6. The van der Waals surface area contributed by atoms with E-state index in [0.717, 1.165) is 29.1 Å². The molecule has 0 N–H and O–H groups in total. The number of carbonyl (C=O) groups excluding carboxylic acids is 1. The van der Waals surface area contributed by atoms with Gasteiger partial charge in [-0.15, -0.1) is 0 Å². The number of benzene rings is 1. The van der Waals surface area contributed by atoms with Crippen molar-refractivity contribution in [1.29, 1.82) is 0 Å². The van der Waals surface area contributed by atoms with E-state index in [1.54, 1.807) is 24.1 Å². The Balaban J connectivity index is 2.17. The molecule has 0 spiro atoms. The molecule has 0 saturated heterocycles. The first-order valence-electron chi connectivity index (χ1n) is 9.14. The molecule has 1 heterocycles. The highest BCUT2D eigenvalue weighted by atomic mass is 16.6. The Morgan fingerprint density at radius 1 is 1.30 bits per heavy atom. The van der Waals surface area contributed by atoms with Crippen molar-refractivity contribution in [3.8, 4) is 0 Å². The van der Waals surface area contributed by atoms with Crippen LogP contribution in [-0.2, 0) is 17.8 Å². The fourth-order valence-electron chi connectivity index (χ4n) is 3.13. The van der Waals surface area contributed by atoms with Crippen molar-refractivity contribution in [2.24, 2.45) is 5.92 Å². The topological polar surface area (TPSA) is 81.3 Å². The van der Waals surface area contributed by atoms with Gasteiger partial charge >= 0.3 is 0 Å². The Kier molecular flexibility index (Phi) is 6.36. The molecule has 27 heavy (non-hydrogen) atoms. The lowest BCUT2D eigenvalue weighted by atomic mass is 10.0. The SMILES string of the molecule is Cc1nn(CC(C)C)c(C)c1CC(=O)N(C)[C@@H](C)c1cccc([N+](=O)[O-])c1. The van der Waals surface area contributed by atoms with Crippen molar-refractivity contribution < 1.29 is 9.72 Å². The van der Waals surface area contributed by atoms with Gasteiger partial charge in [0.25, 0.3) is 5.69 Å². The second-order valence-corrected chi connectivity index (χ2v) is 7.43. The summed E-state index contributed by atoms with van der Waals surface area (Å²) in [6, 6.07) is 6.16. The molecule has 7 heteroatoms. The van der Waals surface area contributed by atoms with Crippen LogP contribution in [0.2, 0.25) is 0 Å². The highest BCUT2D eigenvalue weighted by molar-refractivity contribution is 5.79. The van der Waals surface area contributed by atoms with Crippen LogP contribution in [0, 0.1) is 29.9 Å². The monoisotopic (exact) mass is 372 g/mol. The molecule has 2 rings (SSSR count). The van der Waals surface area contributed by atoms with Crippen LogP contribution in [-0.4, -0.2) is 32.6 Å². The maximum absolute atomic E-state index is 12.8. The molecule has 1 aromatic carbocycles. The number of aryl methyl sites for hydroxylation is 1. The summed E-state index contributed by atoms with van der Waals surface area (Å²) in [5.41, 5.74) is 3.62. The van der Waals surface area contributed by atoms with Gasteiger partial charge in [0.15, 0.2) is 0 Å². The quantitative estimate of drug-likeness (QED) is 0.546. The first-order valence-corrected chi connectivity index (χ1v) is 9.14. The maximum Gasteiger partial charge on any atom is 0.269 e. The van der Waals surface area contributed by atoms with E-state index in [9.17, 15) is 14.9 Å². The van der Waals surface area contributed by atoms with Gasteiger partial charge in [0.1, 0.15) is 0 Å². The normalized spacial score (nSPS) is 12.3. The van der Waals surface area contributed by atoms with E-state index in [2.05, 4.69) is 18.9 Å². The lowest BCUT2D eigenvalue weighted by molar-refractivity contribution is -0.384. The van der Waals surface area contributed by atoms with E-state index in [1.165, 1.54) is 12.1 Å². The molecule has 1 aromatic heterocycles. The average molecular weight is 372 g/mol. The van der Waals surface area contributed by atoms with Gasteiger partial charge in [0.05, 0.1) is 23.1 Å². The van der Waals surface area contributed by atoms with Crippen molar-refractivity contribution in [2.75, 3.05) is 7.05 Å². The van der Waals surface area contributed by atoms with Crippen molar-refractivity contribution in [3.63, 3.8) is 0 Å². The van der Waals surface area contributed by atoms with Gasteiger partial charge in [-0.25, -0.2) is 0 Å². The molecule has 0 radical (unpaired) electrons. The van der Waals surface area contributed by atoms with Gasteiger partial charge in [-0.2, -0.15) is 5.10 Å². The number of non-ortho nitro benzene ring substituents is 1. The number of aromatic nitrogens is 2. The van der Waals surface area contributed by atoms with Gasteiger partial charge < -0.3 is 4.90 Å². The van der Waals surface area contributed by atoms with Crippen LogP contribution >= 0.6 is 0 Å². The third kappa shape index (κ3) is 4.72. The molecule has 0 bridgehead atoms. The van der Waals surface area contributed by atoms with E-state index in [4.69, 9.17) is 0 Å². The van der Waals surface area contributed by atoms with Crippen LogP contribution in [0.25, 0.3) is 0 Å². The summed E-state index contributed by atoms with van der Waals surface area (Å²) in [4.78, 5) is 25.0. The summed E-state index contributed by atoms with van der Waals surface area (Å²) in [5, 5.41) is 15.6. The van der Waals surface area contributed by atoms with Crippen molar-refractivity contribution in [2.45, 2.75) is 53.6 Å². The molecule has 7 nitrogen and oxygen atoms in total. The zero-order valence-corrected chi connectivity index (χ0v) is 16.9.